The van der Waals surface area contributed by atoms with Gasteiger partial charge in [-0.05, 0) is 38.3 Å². The highest BCUT2D eigenvalue weighted by molar-refractivity contribution is 6.32. The lowest BCUT2D eigenvalue weighted by molar-refractivity contribution is 0.0717. The lowest BCUT2D eigenvalue weighted by Gasteiger charge is -2.28. The lowest BCUT2D eigenvalue weighted by Crippen LogP contribution is -2.45. The van der Waals surface area contributed by atoms with Gasteiger partial charge in [-0.2, -0.15) is 0 Å². The summed E-state index contributed by atoms with van der Waals surface area (Å²) in [5.74, 6) is 0.674. The molecular weight excluding hydrogens is 330 g/mol. The standard InChI is InChI=1S/C18H26ClNO4/c1-3-9-24-17-13(19)10-12(11-16(17)23-4-2)18(22)20-14-7-5-6-8-15(14)21/h10-11,14-15,21H,3-9H2,1-2H3,(H,20,22)/t14-,15-/m0/s1. The van der Waals surface area contributed by atoms with Crippen LogP contribution in [0.2, 0.25) is 5.02 Å². The van der Waals surface area contributed by atoms with Crippen molar-refractivity contribution < 1.29 is 19.4 Å². The Labute approximate surface area is 148 Å². The Morgan fingerprint density at radius 2 is 2.04 bits per heavy atom. The molecule has 0 saturated heterocycles. The topological polar surface area (TPSA) is 67.8 Å². The van der Waals surface area contributed by atoms with E-state index in [1.54, 1.807) is 12.1 Å². The molecular formula is C18H26ClNO4. The molecule has 1 saturated carbocycles. The first kappa shape index (κ1) is 18.9. The van der Waals surface area contributed by atoms with Crippen LogP contribution >= 0.6 is 11.6 Å². The molecule has 0 aromatic heterocycles. The van der Waals surface area contributed by atoms with E-state index in [1.807, 2.05) is 13.8 Å². The van der Waals surface area contributed by atoms with Crippen molar-refractivity contribution in [2.24, 2.45) is 0 Å². The second-order valence-corrected chi connectivity index (χ2v) is 6.41. The summed E-state index contributed by atoms with van der Waals surface area (Å²) in [6.07, 6.45) is 3.88. The van der Waals surface area contributed by atoms with Crippen molar-refractivity contribution in [3.8, 4) is 11.5 Å². The first-order chi connectivity index (χ1) is 11.6. The van der Waals surface area contributed by atoms with Gasteiger partial charge in [-0.3, -0.25) is 4.79 Å². The molecule has 1 aliphatic carbocycles. The minimum atomic E-state index is -0.489. The molecule has 0 bridgehead atoms. The number of hydrogen-bond donors (Lipinski definition) is 2. The van der Waals surface area contributed by atoms with E-state index in [1.165, 1.54) is 0 Å². The summed E-state index contributed by atoms with van der Waals surface area (Å²) in [7, 11) is 0. The third-order valence-corrected chi connectivity index (χ3v) is 4.35. The zero-order valence-corrected chi connectivity index (χ0v) is 15.1. The number of carbonyl (C=O) groups excluding carboxylic acids is 1. The van der Waals surface area contributed by atoms with Gasteiger partial charge in [0.25, 0.3) is 5.91 Å². The van der Waals surface area contributed by atoms with Crippen molar-refractivity contribution in [2.45, 2.75) is 58.1 Å². The Balaban J connectivity index is 2.18. The average Bonchev–Trinajstić information content (AvgIpc) is 2.56. The van der Waals surface area contributed by atoms with Crippen molar-refractivity contribution in [3.63, 3.8) is 0 Å². The Hall–Kier alpha value is -1.46. The Morgan fingerprint density at radius 1 is 1.29 bits per heavy atom. The molecule has 24 heavy (non-hydrogen) atoms. The van der Waals surface area contributed by atoms with Gasteiger partial charge in [0, 0.05) is 5.56 Å². The Morgan fingerprint density at radius 3 is 2.71 bits per heavy atom. The lowest BCUT2D eigenvalue weighted by atomic mass is 9.92. The molecule has 1 amide bonds. The highest BCUT2D eigenvalue weighted by atomic mass is 35.5. The molecule has 0 aliphatic heterocycles. The van der Waals surface area contributed by atoms with Crippen molar-refractivity contribution >= 4 is 17.5 Å². The van der Waals surface area contributed by atoms with Crippen LogP contribution in [0, 0.1) is 0 Å². The zero-order chi connectivity index (χ0) is 17.5. The smallest absolute Gasteiger partial charge is 0.251 e. The van der Waals surface area contributed by atoms with E-state index in [4.69, 9.17) is 21.1 Å². The summed E-state index contributed by atoms with van der Waals surface area (Å²) in [5, 5.41) is 13.3. The van der Waals surface area contributed by atoms with E-state index < -0.39 is 6.10 Å². The van der Waals surface area contributed by atoms with Gasteiger partial charge in [-0.15, -0.1) is 0 Å². The number of aliphatic hydroxyl groups excluding tert-OH is 1. The van der Waals surface area contributed by atoms with Crippen LogP contribution in [0.15, 0.2) is 12.1 Å². The van der Waals surface area contributed by atoms with Gasteiger partial charge in [0.2, 0.25) is 0 Å². The van der Waals surface area contributed by atoms with Gasteiger partial charge in [0.05, 0.1) is 30.4 Å². The molecule has 1 aromatic carbocycles. The first-order valence-electron chi connectivity index (χ1n) is 8.64. The Bertz CT molecular complexity index is 564. The number of ether oxygens (including phenoxy) is 2. The van der Waals surface area contributed by atoms with E-state index in [-0.39, 0.29) is 11.9 Å². The van der Waals surface area contributed by atoms with Crippen LogP contribution in [0.4, 0.5) is 0 Å². The second-order valence-electron chi connectivity index (χ2n) is 6.00. The SMILES string of the molecule is CCCOc1c(Cl)cc(C(=O)N[C@H]2CCCC[C@@H]2O)cc1OCC. The summed E-state index contributed by atoms with van der Waals surface area (Å²) in [6, 6.07) is 3.02. The quantitative estimate of drug-likeness (QED) is 0.784. The third-order valence-electron chi connectivity index (χ3n) is 4.07. The van der Waals surface area contributed by atoms with E-state index in [0.29, 0.717) is 35.3 Å². The number of carbonyl (C=O) groups is 1. The largest absolute Gasteiger partial charge is 0.490 e. The molecule has 1 aromatic rings. The predicted molar refractivity (Wildman–Crippen MR) is 94.1 cm³/mol. The molecule has 2 N–H and O–H groups in total. The summed E-state index contributed by atoms with van der Waals surface area (Å²) >= 11 is 6.29. The van der Waals surface area contributed by atoms with E-state index in [0.717, 1.165) is 32.1 Å². The number of nitrogens with one attached hydrogen (secondary N) is 1. The van der Waals surface area contributed by atoms with Crippen LogP contribution in [0.3, 0.4) is 0 Å². The molecule has 0 spiro atoms. The number of hydrogen-bond acceptors (Lipinski definition) is 4. The molecule has 5 nitrogen and oxygen atoms in total. The van der Waals surface area contributed by atoms with Gasteiger partial charge < -0.3 is 19.9 Å². The maximum atomic E-state index is 12.5. The molecule has 2 rings (SSSR count). The summed E-state index contributed by atoms with van der Waals surface area (Å²) < 4.78 is 11.2. The molecule has 1 aliphatic rings. The summed E-state index contributed by atoms with van der Waals surface area (Å²) in [4.78, 5) is 12.5. The zero-order valence-electron chi connectivity index (χ0n) is 14.3. The molecule has 6 heteroatoms. The summed E-state index contributed by atoms with van der Waals surface area (Å²) in [5.41, 5.74) is 0.407. The van der Waals surface area contributed by atoms with Gasteiger partial charge in [0.1, 0.15) is 0 Å². The predicted octanol–water partition coefficient (Wildman–Crippen LogP) is 3.56. The van der Waals surface area contributed by atoms with Gasteiger partial charge >= 0.3 is 0 Å². The highest BCUT2D eigenvalue weighted by Crippen LogP contribution is 2.37. The van der Waals surface area contributed by atoms with Crippen LogP contribution < -0.4 is 14.8 Å². The van der Waals surface area contributed by atoms with Crippen LogP contribution in [-0.2, 0) is 0 Å². The van der Waals surface area contributed by atoms with Crippen molar-refractivity contribution in [3.05, 3.63) is 22.7 Å². The van der Waals surface area contributed by atoms with E-state index in [2.05, 4.69) is 5.32 Å². The van der Waals surface area contributed by atoms with E-state index >= 15 is 0 Å². The van der Waals surface area contributed by atoms with Crippen molar-refractivity contribution in [1.29, 1.82) is 0 Å². The molecule has 0 heterocycles. The molecule has 0 radical (unpaired) electrons. The number of aliphatic hydroxyl groups is 1. The van der Waals surface area contributed by atoms with Crippen LogP contribution in [0.25, 0.3) is 0 Å². The number of benzene rings is 1. The first-order valence-corrected chi connectivity index (χ1v) is 9.02. The second kappa shape index (κ2) is 9.14. The number of rotatable bonds is 7. The van der Waals surface area contributed by atoms with Gasteiger partial charge in [0.15, 0.2) is 11.5 Å². The highest BCUT2D eigenvalue weighted by Gasteiger charge is 2.25. The number of amides is 1. The van der Waals surface area contributed by atoms with Crippen molar-refractivity contribution in [2.75, 3.05) is 13.2 Å². The number of halogens is 1. The van der Waals surface area contributed by atoms with Gasteiger partial charge in [-0.25, -0.2) is 0 Å². The monoisotopic (exact) mass is 355 g/mol. The van der Waals surface area contributed by atoms with Crippen molar-refractivity contribution in [1.82, 2.24) is 5.32 Å². The minimum Gasteiger partial charge on any atom is -0.490 e. The average molecular weight is 356 g/mol. The van der Waals surface area contributed by atoms with Crippen LogP contribution in [0.5, 0.6) is 11.5 Å². The molecule has 2 atom stereocenters. The van der Waals surface area contributed by atoms with Crippen LogP contribution in [-0.4, -0.2) is 36.4 Å². The fraction of sp³-hybridized carbons (Fsp3) is 0.611. The third kappa shape index (κ3) is 4.77. The van der Waals surface area contributed by atoms with E-state index in [9.17, 15) is 9.90 Å². The van der Waals surface area contributed by atoms with Gasteiger partial charge in [-0.1, -0.05) is 31.4 Å². The minimum absolute atomic E-state index is 0.211. The molecule has 0 unspecified atom stereocenters. The summed E-state index contributed by atoms with van der Waals surface area (Å²) in [6.45, 7) is 4.85. The fourth-order valence-corrected chi connectivity index (χ4v) is 3.10. The molecule has 134 valence electrons. The molecule has 1 fully saturated rings. The fourth-order valence-electron chi connectivity index (χ4n) is 2.84. The maximum Gasteiger partial charge on any atom is 0.251 e. The maximum absolute atomic E-state index is 12.5. The Kier molecular flexibility index (Phi) is 7.18. The van der Waals surface area contributed by atoms with Crippen LogP contribution in [0.1, 0.15) is 56.3 Å². The normalized spacial score (nSPS) is 20.5.